The number of unbranched alkanes of at least 4 members (excludes halogenated alkanes) is 4. The van der Waals surface area contributed by atoms with E-state index in [1.807, 2.05) is 0 Å². The van der Waals surface area contributed by atoms with Crippen molar-refractivity contribution in [2.24, 2.45) is 0 Å². The number of halogens is 2. The number of nitrogens with two attached hydrogens (primary N) is 2. The van der Waals surface area contributed by atoms with Crippen LogP contribution in [0.15, 0.2) is 12.1 Å². The number of hydrogen-bond donors (Lipinski definition) is 2. The summed E-state index contributed by atoms with van der Waals surface area (Å²) in [4.78, 5) is 0. The Bertz CT molecular complexity index is 832. The summed E-state index contributed by atoms with van der Waals surface area (Å²) in [6.07, 6.45) is 14.0. The van der Waals surface area contributed by atoms with Crippen molar-refractivity contribution in [2.75, 3.05) is 11.5 Å². The molecule has 0 bridgehead atoms. The SMILES string of the molecule is CCCCc1c(Cc2cc(N)c(Cl)c(CCCC)c2CCCC)cc(N)c(Cl)c1CCCC. The average Bonchev–Trinajstić information content (AvgIpc) is 2.80. The van der Waals surface area contributed by atoms with Crippen LogP contribution in [0.3, 0.4) is 0 Å². The van der Waals surface area contributed by atoms with Gasteiger partial charge in [0.1, 0.15) is 0 Å². The standard InChI is InChI=1S/C29H44Cl2N2/c1-5-9-13-22-20(18-26(32)28(30)24(22)15-11-7-3)17-21-19-27(33)29(31)25(16-12-8-4)23(21)14-10-6-2/h18-19H,5-17,32-33H2,1-4H3. The van der Waals surface area contributed by atoms with Crippen molar-refractivity contribution in [2.45, 2.75) is 111 Å². The van der Waals surface area contributed by atoms with Gasteiger partial charge in [0.05, 0.1) is 21.4 Å². The van der Waals surface area contributed by atoms with Gasteiger partial charge in [-0.3, -0.25) is 0 Å². The van der Waals surface area contributed by atoms with Crippen LogP contribution in [0.5, 0.6) is 0 Å². The highest BCUT2D eigenvalue weighted by Gasteiger charge is 2.20. The van der Waals surface area contributed by atoms with Crippen LogP contribution in [0.4, 0.5) is 11.4 Å². The summed E-state index contributed by atoms with van der Waals surface area (Å²) in [5.74, 6) is 0. The Morgan fingerprint density at radius 2 is 0.848 bits per heavy atom. The second-order valence-electron chi connectivity index (χ2n) is 9.38. The molecule has 0 saturated heterocycles. The molecule has 4 heteroatoms. The fourth-order valence-corrected chi connectivity index (χ4v) is 5.28. The molecule has 0 amide bonds. The topological polar surface area (TPSA) is 52.0 Å². The fraction of sp³-hybridized carbons (Fsp3) is 0.586. The van der Waals surface area contributed by atoms with Gasteiger partial charge in [0.25, 0.3) is 0 Å². The van der Waals surface area contributed by atoms with E-state index in [9.17, 15) is 0 Å². The van der Waals surface area contributed by atoms with Crippen molar-refractivity contribution in [1.29, 1.82) is 0 Å². The van der Waals surface area contributed by atoms with Gasteiger partial charge in [-0.1, -0.05) is 76.6 Å². The molecule has 0 fully saturated rings. The van der Waals surface area contributed by atoms with E-state index in [-0.39, 0.29) is 0 Å². The Balaban J connectivity index is 2.64. The maximum absolute atomic E-state index is 6.75. The van der Waals surface area contributed by atoms with Crippen LogP contribution in [-0.2, 0) is 32.1 Å². The van der Waals surface area contributed by atoms with Crippen molar-refractivity contribution in [3.8, 4) is 0 Å². The molecule has 2 rings (SSSR count). The Kier molecular flexibility index (Phi) is 11.9. The summed E-state index contributed by atoms with van der Waals surface area (Å²) < 4.78 is 0. The van der Waals surface area contributed by atoms with E-state index in [2.05, 4.69) is 39.8 Å². The third-order valence-corrected chi connectivity index (χ3v) is 7.59. The predicted molar refractivity (Wildman–Crippen MR) is 149 cm³/mol. The lowest BCUT2D eigenvalue weighted by Crippen LogP contribution is -2.09. The first-order valence-corrected chi connectivity index (χ1v) is 13.8. The predicted octanol–water partition coefficient (Wildman–Crippen LogP) is 9.12. The van der Waals surface area contributed by atoms with Gasteiger partial charge in [-0.2, -0.15) is 0 Å². The molecule has 33 heavy (non-hydrogen) atoms. The van der Waals surface area contributed by atoms with Crippen LogP contribution >= 0.6 is 23.2 Å². The quantitative estimate of drug-likeness (QED) is 0.259. The molecule has 0 spiro atoms. The summed E-state index contributed by atoms with van der Waals surface area (Å²) in [5, 5.41) is 1.51. The van der Waals surface area contributed by atoms with Gasteiger partial charge in [-0.15, -0.1) is 0 Å². The van der Waals surface area contributed by atoms with E-state index in [4.69, 9.17) is 34.7 Å². The first kappa shape index (κ1) is 27.9. The van der Waals surface area contributed by atoms with Crippen LogP contribution in [0, 0.1) is 0 Å². The third kappa shape index (κ3) is 7.30. The second-order valence-corrected chi connectivity index (χ2v) is 10.1. The van der Waals surface area contributed by atoms with Crippen LogP contribution in [0.2, 0.25) is 10.0 Å². The number of hydrogen-bond acceptors (Lipinski definition) is 2. The van der Waals surface area contributed by atoms with Crippen molar-refractivity contribution in [3.05, 3.63) is 55.6 Å². The normalized spacial score (nSPS) is 11.3. The maximum Gasteiger partial charge on any atom is 0.0670 e. The zero-order chi connectivity index (χ0) is 24.4. The van der Waals surface area contributed by atoms with E-state index in [1.54, 1.807) is 0 Å². The molecule has 0 aromatic heterocycles. The molecule has 0 heterocycles. The van der Waals surface area contributed by atoms with Crippen molar-refractivity contribution < 1.29 is 0 Å². The summed E-state index contributed by atoms with van der Waals surface area (Å²) >= 11 is 13.5. The Labute approximate surface area is 212 Å². The molecule has 2 nitrogen and oxygen atoms in total. The highest BCUT2D eigenvalue weighted by atomic mass is 35.5. The van der Waals surface area contributed by atoms with Gasteiger partial charge in [0, 0.05) is 0 Å². The Morgan fingerprint density at radius 1 is 0.545 bits per heavy atom. The zero-order valence-electron chi connectivity index (χ0n) is 21.3. The van der Waals surface area contributed by atoms with Crippen molar-refractivity contribution >= 4 is 34.6 Å². The molecule has 0 atom stereocenters. The van der Waals surface area contributed by atoms with Gasteiger partial charge in [-0.05, 0) is 103 Å². The third-order valence-electron chi connectivity index (χ3n) is 6.70. The molecule has 0 unspecified atom stereocenters. The van der Waals surface area contributed by atoms with Crippen LogP contribution in [-0.4, -0.2) is 0 Å². The lowest BCUT2D eigenvalue weighted by molar-refractivity contribution is 0.746. The summed E-state index contributed by atoms with van der Waals surface area (Å²) in [5.41, 5.74) is 22.2. The largest absolute Gasteiger partial charge is 0.398 e. The molecule has 0 aliphatic carbocycles. The van der Waals surface area contributed by atoms with E-state index < -0.39 is 0 Å². The first-order valence-electron chi connectivity index (χ1n) is 13.1. The molecule has 0 saturated carbocycles. The molecule has 184 valence electrons. The van der Waals surface area contributed by atoms with Crippen molar-refractivity contribution in [3.63, 3.8) is 0 Å². The lowest BCUT2D eigenvalue weighted by Gasteiger charge is -2.22. The highest BCUT2D eigenvalue weighted by molar-refractivity contribution is 6.34. The molecule has 2 aromatic carbocycles. The summed E-state index contributed by atoms with van der Waals surface area (Å²) in [7, 11) is 0. The molecule has 2 aromatic rings. The molecular formula is C29H44Cl2N2. The Morgan fingerprint density at radius 3 is 1.15 bits per heavy atom. The Hall–Kier alpha value is -1.38. The van der Waals surface area contributed by atoms with Crippen LogP contribution in [0.1, 0.15) is 112 Å². The average molecular weight is 492 g/mol. The van der Waals surface area contributed by atoms with Gasteiger partial charge in [0.15, 0.2) is 0 Å². The molecular weight excluding hydrogens is 447 g/mol. The molecule has 0 radical (unpaired) electrons. The van der Waals surface area contributed by atoms with Gasteiger partial charge in [0.2, 0.25) is 0 Å². The summed E-state index contributed by atoms with van der Waals surface area (Å²) in [6.45, 7) is 8.93. The fourth-order valence-electron chi connectivity index (χ4n) is 4.76. The summed E-state index contributed by atoms with van der Waals surface area (Å²) in [6, 6.07) is 4.23. The van der Waals surface area contributed by atoms with E-state index in [1.165, 1.54) is 33.4 Å². The lowest BCUT2D eigenvalue weighted by atomic mass is 9.85. The van der Waals surface area contributed by atoms with Crippen LogP contribution in [0.25, 0.3) is 0 Å². The van der Waals surface area contributed by atoms with E-state index >= 15 is 0 Å². The van der Waals surface area contributed by atoms with Gasteiger partial charge in [-0.25, -0.2) is 0 Å². The second kappa shape index (κ2) is 14.1. The van der Waals surface area contributed by atoms with E-state index in [0.717, 1.165) is 93.5 Å². The number of nitrogen functional groups attached to an aromatic ring is 2. The number of rotatable bonds is 14. The zero-order valence-corrected chi connectivity index (χ0v) is 22.8. The molecule has 0 aliphatic heterocycles. The van der Waals surface area contributed by atoms with Crippen molar-refractivity contribution in [1.82, 2.24) is 0 Å². The van der Waals surface area contributed by atoms with E-state index in [0.29, 0.717) is 11.4 Å². The maximum atomic E-state index is 6.75. The first-order chi connectivity index (χ1) is 15.9. The minimum absolute atomic E-state index is 0.696. The monoisotopic (exact) mass is 490 g/mol. The number of benzene rings is 2. The smallest absolute Gasteiger partial charge is 0.0670 e. The minimum Gasteiger partial charge on any atom is -0.398 e. The van der Waals surface area contributed by atoms with Crippen LogP contribution < -0.4 is 11.5 Å². The van der Waals surface area contributed by atoms with Gasteiger partial charge < -0.3 is 11.5 Å². The molecule has 4 N–H and O–H groups in total. The number of anilines is 2. The highest BCUT2D eigenvalue weighted by Crippen LogP contribution is 2.37. The van der Waals surface area contributed by atoms with Gasteiger partial charge >= 0.3 is 0 Å². The molecule has 0 aliphatic rings. The minimum atomic E-state index is 0.696.